The molecule has 0 aliphatic rings. The van der Waals surface area contributed by atoms with Gasteiger partial charge in [-0.2, -0.15) is 0 Å². The lowest BCUT2D eigenvalue weighted by Gasteiger charge is -2.05. The highest BCUT2D eigenvalue weighted by Crippen LogP contribution is 2.16. The Morgan fingerprint density at radius 2 is 1.88 bits per heavy atom. The molecule has 2 aromatic rings. The number of carbonyl (C=O) groups excluding carboxylic acids is 1. The normalized spacial score (nSPS) is 10.1. The number of aryl methyl sites for hydroxylation is 1. The Kier molecular flexibility index (Phi) is 2.68. The Hall–Kier alpha value is -2.16. The minimum Gasteiger partial charge on any atom is -0.399 e. The fraction of sp³-hybridized carbons (Fsp3) is 0.0769. The van der Waals surface area contributed by atoms with Crippen LogP contribution in [-0.2, 0) is 0 Å². The SMILES string of the molecule is Cc1cc(N)ccc1C(=O)c1ccncc1. The van der Waals surface area contributed by atoms with E-state index in [-0.39, 0.29) is 5.78 Å². The molecule has 2 N–H and O–H groups in total. The lowest BCUT2D eigenvalue weighted by atomic mass is 9.99. The number of ketones is 1. The molecule has 1 heterocycles. The number of nitrogens with two attached hydrogens (primary N) is 1. The molecule has 3 heteroatoms. The monoisotopic (exact) mass is 212 g/mol. The molecule has 3 nitrogen and oxygen atoms in total. The number of nitrogen functional groups attached to an aromatic ring is 1. The summed E-state index contributed by atoms with van der Waals surface area (Å²) >= 11 is 0. The highest BCUT2D eigenvalue weighted by atomic mass is 16.1. The average molecular weight is 212 g/mol. The number of anilines is 1. The molecule has 0 unspecified atom stereocenters. The van der Waals surface area contributed by atoms with E-state index < -0.39 is 0 Å². The van der Waals surface area contributed by atoms with E-state index in [1.165, 1.54) is 0 Å². The quantitative estimate of drug-likeness (QED) is 0.613. The van der Waals surface area contributed by atoms with Crippen LogP contribution in [0.25, 0.3) is 0 Å². The standard InChI is InChI=1S/C13H12N2O/c1-9-8-11(14)2-3-12(9)13(16)10-4-6-15-7-5-10/h2-8H,14H2,1H3. The molecule has 80 valence electrons. The van der Waals surface area contributed by atoms with Crippen molar-refractivity contribution in [3.63, 3.8) is 0 Å². The number of rotatable bonds is 2. The first-order valence-corrected chi connectivity index (χ1v) is 4.99. The maximum Gasteiger partial charge on any atom is 0.193 e. The molecule has 16 heavy (non-hydrogen) atoms. The number of pyridine rings is 1. The number of benzene rings is 1. The third-order valence-corrected chi connectivity index (χ3v) is 2.44. The third kappa shape index (κ3) is 1.93. The second-order valence-corrected chi connectivity index (χ2v) is 3.64. The topological polar surface area (TPSA) is 56.0 Å². The van der Waals surface area contributed by atoms with Crippen molar-refractivity contribution >= 4 is 11.5 Å². The zero-order valence-corrected chi connectivity index (χ0v) is 8.97. The first-order chi connectivity index (χ1) is 7.68. The fourth-order valence-electron chi connectivity index (χ4n) is 1.60. The summed E-state index contributed by atoms with van der Waals surface area (Å²) in [5.74, 6) is -0.0000926. The second kappa shape index (κ2) is 4.14. The molecule has 0 aliphatic heterocycles. The van der Waals surface area contributed by atoms with Crippen LogP contribution in [0.5, 0.6) is 0 Å². The van der Waals surface area contributed by atoms with Gasteiger partial charge in [0.05, 0.1) is 0 Å². The summed E-state index contributed by atoms with van der Waals surface area (Å²) in [6.07, 6.45) is 3.22. The van der Waals surface area contributed by atoms with Crippen molar-refractivity contribution in [2.75, 3.05) is 5.73 Å². The summed E-state index contributed by atoms with van der Waals surface area (Å²) in [5, 5.41) is 0. The highest BCUT2D eigenvalue weighted by molar-refractivity contribution is 6.09. The maximum absolute atomic E-state index is 12.1. The van der Waals surface area contributed by atoms with E-state index >= 15 is 0 Å². The smallest absolute Gasteiger partial charge is 0.193 e. The Balaban J connectivity index is 2.42. The lowest BCUT2D eigenvalue weighted by molar-refractivity contribution is 0.103. The molecule has 2 rings (SSSR count). The number of aromatic nitrogens is 1. The summed E-state index contributed by atoms with van der Waals surface area (Å²) in [4.78, 5) is 16.0. The molecule has 0 fully saturated rings. The Labute approximate surface area is 93.9 Å². The van der Waals surface area contributed by atoms with E-state index in [4.69, 9.17) is 5.73 Å². The molecule has 1 aromatic heterocycles. The van der Waals surface area contributed by atoms with E-state index in [1.54, 1.807) is 42.7 Å². The van der Waals surface area contributed by atoms with Crippen molar-refractivity contribution in [3.8, 4) is 0 Å². The van der Waals surface area contributed by atoms with Crippen LogP contribution in [0.3, 0.4) is 0 Å². The molecule has 0 radical (unpaired) electrons. The summed E-state index contributed by atoms with van der Waals surface area (Å²) in [7, 11) is 0. The summed E-state index contributed by atoms with van der Waals surface area (Å²) in [6, 6.07) is 8.71. The number of hydrogen-bond acceptors (Lipinski definition) is 3. The fourth-order valence-corrected chi connectivity index (χ4v) is 1.60. The van der Waals surface area contributed by atoms with Crippen LogP contribution in [0.15, 0.2) is 42.7 Å². The molecule has 0 spiro atoms. The molecule has 0 atom stereocenters. The molecule has 0 aliphatic carbocycles. The van der Waals surface area contributed by atoms with Crippen molar-refractivity contribution in [3.05, 3.63) is 59.4 Å². The van der Waals surface area contributed by atoms with Crippen LogP contribution < -0.4 is 5.73 Å². The molecule has 1 aromatic carbocycles. The zero-order valence-electron chi connectivity index (χ0n) is 8.97. The van der Waals surface area contributed by atoms with Gasteiger partial charge in [0.2, 0.25) is 0 Å². The van der Waals surface area contributed by atoms with E-state index in [2.05, 4.69) is 4.98 Å². The van der Waals surface area contributed by atoms with Gasteiger partial charge in [-0.3, -0.25) is 9.78 Å². The average Bonchev–Trinajstić information content (AvgIpc) is 2.29. The third-order valence-electron chi connectivity index (χ3n) is 2.44. The molecule has 0 bridgehead atoms. The van der Waals surface area contributed by atoms with Crippen LogP contribution >= 0.6 is 0 Å². The van der Waals surface area contributed by atoms with Crippen LogP contribution in [0, 0.1) is 6.92 Å². The predicted octanol–water partition coefficient (Wildman–Crippen LogP) is 2.20. The summed E-state index contributed by atoms with van der Waals surface area (Å²) in [6.45, 7) is 1.88. The van der Waals surface area contributed by atoms with E-state index in [0.717, 1.165) is 5.56 Å². The van der Waals surface area contributed by atoms with Crippen molar-refractivity contribution in [1.29, 1.82) is 0 Å². The molecular formula is C13H12N2O. The van der Waals surface area contributed by atoms with Gasteiger partial charge in [0, 0.05) is 29.2 Å². The molecule has 0 amide bonds. The van der Waals surface area contributed by atoms with Gasteiger partial charge in [0.25, 0.3) is 0 Å². The van der Waals surface area contributed by atoms with E-state index in [0.29, 0.717) is 16.8 Å². The van der Waals surface area contributed by atoms with Crippen LogP contribution in [0.4, 0.5) is 5.69 Å². The van der Waals surface area contributed by atoms with Crippen molar-refractivity contribution < 1.29 is 4.79 Å². The van der Waals surface area contributed by atoms with Crippen molar-refractivity contribution in [1.82, 2.24) is 4.98 Å². The zero-order chi connectivity index (χ0) is 11.5. The Morgan fingerprint density at radius 1 is 1.19 bits per heavy atom. The minimum atomic E-state index is -0.0000926. The summed E-state index contributed by atoms with van der Waals surface area (Å²) in [5.41, 5.74) is 8.53. The largest absolute Gasteiger partial charge is 0.399 e. The van der Waals surface area contributed by atoms with E-state index in [1.807, 2.05) is 6.92 Å². The van der Waals surface area contributed by atoms with Crippen LogP contribution in [0.2, 0.25) is 0 Å². The molecule has 0 saturated carbocycles. The molecular weight excluding hydrogens is 200 g/mol. The van der Waals surface area contributed by atoms with Crippen molar-refractivity contribution in [2.45, 2.75) is 6.92 Å². The van der Waals surface area contributed by atoms with E-state index in [9.17, 15) is 4.79 Å². The lowest BCUT2D eigenvalue weighted by Crippen LogP contribution is -2.04. The Morgan fingerprint density at radius 3 is 2.50 bits per heavy atom. The Bertz CT molecular complexity index is 521. The van der Waals surface area contributed by atoms with Gasteiger partial charge in [-0.1, -0.05) is 0 Å². The van der Waals surface area contributed by atoms with Gasteiger partial charge < -0.3 is 5.73 Å². The van der Waals surface area contributed by atoms with Crippen molar-refractivity contribution in [2.24, 2.45) is 0 Å². The number of carbonyl (C=O) groups is 1. The number of nitrogens with zero attached hydrogens (tertiary/aromatic N) is 1. The van der Waals surface area contributed by atoms with Gasteiger partial charge >= 0.3 is 0 Å². The van der Waals surface area contributed by atoms with Crippen LogP contribution in [-0.4, -0.2) is 10.8 Å². The van der Waals surface area contributed by atoms with Gasteiger partial charge in [-0.25, -0.2) is 0 Å². The van der Waals surface area contributed by atoms with Gasteiger partial charge in [0.1, 0.15) is 0 Å². The predicted molar refractivity (Wildman–Crippen MR) is 63.3 cm³/mol. The van der Waals surface area contributed by atoms with Gasteiger partial charge in [-0.05, 0) is 42.8 Å². The minimum absolute atomic E-state index is 0.0000926. The van der Waals surface area contributed by atoms with Gasteiger partial charge in [0.15, 0.2) is 5.78 Å². The highest BCUT2D eigenvalue weighted by Gasteiger charge is 2.10. The molecule has 0 saturated heterocycles. The second-order valence-electron chi connectivity index (χ2n) is 3.64. The maximum atomic E-state index is 12.1. The van der Waals surface area contributed by atoms with Gasteiger partial charge in [-0.15, -0.1) is 0 Å². The first kappa shape index (κ1) is 10.4. The van der Waals surface area contributed by atoms with Crippen LogP contribution in [0.1, 0.15) is 21.5 Å². The number of hydrogen-bond donors (Lipinski definition) is 1. The first-order valence-electron chi connectivity index (χ1n) is 4.99. The summed E-state index contributed by atoms with van der Waals surface area (Å²) < 4.78 is 0.